The fraction of sp³-hybridized carbons (Fsp3) is 0.800. The van der Waals surface area contributed by atoms with E-state index in [9.17, 15) is 0 Å². The average molecular weight is 229 g/mol. The Kier molecular flexibility index (Phi) is 3.50. The van der Waals surface area contributed by atoms with E-state index in [0.29, 0.717) is 0 Å². The van der Waals surface area contributed by atoms with Crippen LogP contribution in [-0.2, 0) is 0 Å². The zero-order valence-electron chi connectivity index (χ0n) is 4.38. The van der Waals surface area contributed by atoms with Gasteiger partial charge in [-0.3, -0.25) is 0 Å². The van der Waals surface area contributed by atoms with E-state index < -0.39 is 0 Å². The molecule has 0 rings (SSSR count). The Bertz CT molecular complexity index is 44.0. The third-order valence-electron chi connectivity index (χ3n) is 0.645. The van der Waals surface area contributed by atoms with Crippen LogP contribution in [0.2, 0.25) is 0 Å². The van der Waals surface area contributed by atoms with Crippen LogP contribution in [0.3, 0.4) is 0 Å². The van der Waals surface area contributed by atoms with E-state index in [1.54, 1.807) is 0 Å². The number of rotatable bonds is 2. The second kappa shape index (κ2) is 3.08. The Labute approximate surface area is 61.9 Å². The minimum atomic E-state index is 0.167. The molecule has 0 nitrogen and oxygen atoms in total. The maximum Gasteiger partial charge on any atom is 0.00933 e. The van der Waals surface area contributed by atoms with Crippen molar-refractivity contribution in [2.75, 3.05) is 10.7 Å². The van der Waals surface area contributed by atoms with Crippen LogP contribution in [-0.4, -0.2) is 10.7 Å². The van der Waals surface area contributed by atoms with Crippen molar-refractivity contribution in [2.24, 2.45) is 5.41 Å². The zero-order chi connectivity index (χ0) is 5.91. The molecule has 0 aliphatic heterocycles. The zero-order valence-corrected chi connectivity index (χ0v) is 7.55. The second-order valence-electron chi connectivity index (χ2n) is 2.08. The highest BCUT2D eigenvalue weighted by atomic mass is 79.9. The van der Waals surface area contributed by atoms with Gasteiger partial charge < -0.3 is 0 Å². The molecule has 0 aliphatic rings. The van der Waals surface area contributed by atoms with Gasteiger partial charge >= 0.3 is 0 Å². The molecule has 2 heteroatoms. The maximum atomic E-state index is 3.91. The molecule has 0 N–H and O–H groups in total. The minimum Gasteiger partial charge on any atom is -0.0922 e. The Morgan fingerprint density at radius 1 is 1.43 bits per heavy atom. The van der Waals surface area contributed by atoms with Gasteiger partial charge in [-0.2, -0.15) is 0 Å². The quantitative estimate of drug-likeness (QED) is 0.638. The van der Waals surface area contributed by atoms with E-state index in [4.69, 9.17) is 0 Å². The van der Waals surface area contributed by atoms with E-state index in [1.807, 2.05) is 0 Å². The molecule has 0 saturated carbocycles. The molecule has 7 heavy (non-hydrogen) atoms. The van der Waals surface area contributed by atoms with Gasteiger partial charge in [0.25, 0.3) is 0 Å². The maximum absolute atomic E-state index is 3.91. The van der Waals surface area contributed by atoms with Gasteiger partial charge in [-0.25, -0.2) is 0 Å². The fourth-order valence-electron chi connectivity index (χ4n) is 0.0357. The van der Waals surface area contributed by atoms with Gasteiger partial charge in [-0.1, -0.05) is 38.8 Å². The molecule has 0 aromatic carbocycles. The highest BCUT2D eigenvalue weighted by Gasteiger charge is 2.12. The van der Waals surface area contributed by atoms with Gasteiger partial charge in [0.1, 0.15) is 0 Å². The van der Waals surface area contributed by atoms with Crippen molar-refractivity contribution in [1.29, 1.82) is 0 Å². The van der Waals surface area contributed by atoms with Crippen molar-refractivity contribution >= 4 is 31.9 Å². The summed E-state index contributed by atoms with van der Waals surface area (Å²) in [5.74, 6) is 0. The van der Waals surface area contributed by atoms with Crippen LogP contribution >= 0.6 is 31.9 Å². The summed E-state index contributed by atoms with van der Waals surface area (Å²) in [5, 5.41) is 1.90. The minimum absolute atomic E-state index is 0.167. The molecule has 0 aromatic rings. The van der Waals surface area contributed by atoms with E-state index in [2.05, 4.69) is 45.7 Å². The molecule has 0 fully saturated rings. The molecule has 0 aliphatic carbocycles. The summed E-state index contributed by atoms with van der Waals surface area (Å²) >= 11 is 6.68. The van der Waals surface area contributed by atoms with Crippen molar-refractivity contribution in [3.63, 3.8) is 0 Å². The van der Waals surface area contributed by atoms with E-state index in [0.717, 1.165) is 10.7 Å². The first-order valence-electron chi connectivity index (χ1n) is 2.10. The normalized spacial score (nSPS) is 12.0. The molecule has 0 heterocycles. The third-order valence-corrected chi connectivity index (χ3v) is 3.35. The Morgan fingerprint density at radius 2 is 1.71 bits per heavy atom. The topological polar surface area (TPSA) is 0 Å². The van der Waals surface area contributed by atoms with Crippen LogP contribution < -0.4 is 0 Å². The van der Waals surface area contributed by atoms with Gasteiger partial charge in [0.05, 0.1) is 0 Å². The summed E-state index contributed by atoms with van der Waals surface area (Å²) in [5.41, 5.74) is 0.167. The first-order valence-corrected chi connectivity index (χ1v) is 4.34. The predicted octanol–water partition coefficient (Wildman–Crippen LogP) is 2.62. The van der Waals surface area contributed by atoms with Gasteiger partial charge in [0, 0.05) is 10.7 Å². The van der Waals surface area contributed by atoms with Gasteiger partial charge in [-0.05, 0) is 12.3 Å². The largest absolute Gasteiger partial charge is 0.0922 e. The highest BCUT2D eigenvalue weighted by Crippen LogP contribution is 2.19. The molecule has 0 saturated heterocycles. The first kappa shape index (κ1) is 7.96. The summed E-state index contributed by atoms with van der Waals surface area (Å²) in [7, 11) is 0. The SMILES string of the molecule is [CH2]C(C)(CBr)CBr. The first-order chi connectivity index (χ1) is 3.12. The Balaban J connectivity index is 3.36. The number of halogens is 2. The molecule has 0 aromatic heterocycles. The molecular weight excluding hydrogens is 220 g/mol. The fourth-order valence-corrected chi connectivity index (χ4v) is 0.964. The number of alkyl halides is 2. The van der Waals surface area contributed by atoms with Crippen LogP contribution in [0.1, 0.15) is 6.92 Å². The summed E-state index contributed by atoms with van der Waals surface area (Å²) in [6, 6.07) is 0. The van der Waals surface area contributed by atoms with Crippen molar-refractivity contribution in [3.8, 4) is 0 Å². The third kappa shape index (κ3) is 3.53. The summed E-state index contributed by atoms with van der Waals surface area (Å²) in [6.45, 7) is 6.01. The molecule has 0 unspecified atom stereocenters. The lowest BCUT2D eigenvalue weighted by Gasteiger charge is -2.15. The van der Waals surface area contributed by atoms with Crippen molar-refractivity contribution in [1.82, 2.24) is 0 Å². The van der Waals surface area contributed by atoms with E-state index in [-0.39, 0.29) is 5.41 Å². The van der Waals surface area contributed by atoms with Crippen molar-refractivity contribution < 1.29 is 0 Å². The molecule has 43 valence electrons. The number of hydrogen-bond acceptors (Lipinski definition) is 0. The summed E-state index contributed by atoms with van der Waals surface area (Å²) in [4.78, 5) is 0. The molecule has 0 spiro atoms. The molecule has 0 amide bonds. The Hall–Kier alpha value is 0.960. The lowest BCUT2D eigenvalue weighted by Crippen LogP contribution is -2.14. The van der Waals surface area contributed by atoms with Gasteiger partial charge in [0.2, 0.25) is 0 Å². The lowest BCUT2D eigenvalue weighted by atomic mass is 10.0. The van der Waals surface area contributed by atoms with Gasteiger partial charge in [0.15, 0.2) is 0 Å². The van der Waals surface area contributed by atoms with E-state index in [1.165, 1.54) is 0 Å². The van der Waals surface area contributed by atoms with E-state index >= 15 is 0 Å². The van der Waals surface area contributed by atoms with Gasteiger partial charge in [-0.15, -0.1) is 0 Å². The van der Waals surface area contributed by atoms with Crippen LogP contribution in [0.25, 0.3) is 0 Å². The molecule has 0 atom stereocenters. The van der Waals surface area contributed by atoms with Crippen LogP contribution in [0.4, 0.5) is 0 Å². The highest BCUT2D eigenvalue weighted by molar-refractivity contribution is 9.09. The predicted molar refractivity (Wildman–Crippen MR) is 41.1 cm³/mol. The van der Waals surface area contributed by atoms with Crippen molar-refractivity contribution in [2.45, 2.75) is 6.92 Å². The lowest BCUT2D eigenvalue weighted by molar-refractivity contribution is 0.573. The van der Waals surface area contributed by atoms with Crippen molar-refractivity contribution in [3.05, 3.63) is 6.92 Å². The Morgan fingerprint density at radius 3 is 1.71 bits per heavy atom. The monoisotopic (exact) mass is 227 g/mol. The van der Waals surface area contributed by atoms with Crippen LogP contribution in [0.5, 0.6) is 0 Å². The average Bonchev–Trinajstić information content (AvgIpc) is 1.68. The molecular formula is C5H9Br2. The smallest absolute Gasteiger partial charge is 0.00933 e. The van der Waals surface area contributed by atoms with Crippen LogP contribution in [0, 0.1) is 12.3 Å². The summed E-state index contributed by atoms with van der Waals surface area (Å²) < 4.78 is 0. The number of hydrogen-bond donors (Lipinski definition) is 0. The standard InChI is InChI=1S/C5H9Br2/c1-5(2,3-6)4-7/h1,3-4H2,2H3. The summed E-state index contributed by atoms with van der Waals surface area (Å²) in [6.07, 6.45) is 0. The molecule has 0 bridgehead atoms. The molecule has 1 radical (unpaired) electrons. The second-order valence-corrected chi connectivity index (χ2v) is 3.20. The van der Waals surface area contributed by atoms with Crippen LogP contribution in [0.15, 0.2) is 0 Å².